The van der Waals surface area contributed by atoms with Gasteiger partial charge >= 0.3 is 0 Å². The van der Waals surface area contributed by atoms with E-state index in [9.17, 15) is 4.79 Å². The minimum Gasteiger partial charge on any atom is -0.497 e. The topological polar surface area (TPSA) is 45.9 Å². The van der Waals surface area contributed by atoms with E-state index in [2.05, 4.69) is 30.9 Å². The van der Waals surface area contributed by atoms with Crippen LogP contribution in [0.3, 0.4) is 0 Å². The van der Waals surface area contributed by atoms with Gasteiger partial charge in [-0.05, 0) is 62.9 Å². The first-order chi connectivity index (χ1) is 13.1. The molecular weight excluding hydrogens is 340 g/mol. The van der Waals surface area contributed by atoms with Crippen molar-refractivity contribution in [3.63, 3.8) is 0 Å². The largest absolute Gasteiger partial charge is 0.497 e. The first-order valence-electron chi connectivity index (χ1n) is 9.82. The zero-order valence-corrected chi connectivity index (χ0v) is 16.6. The quantitative estimate of drug-likeness (QED) is 0.728. The normalized spacial score (nSPS) is 14.8. The molecule has 3 rings (SSSR count). The molecule has 0 bridgehead atoms. The number of nitrogens with zero attached hydrogens (tertiary/aromatic N) is 2. The summed E-state index contributed by atoms with van der Waals surface area (Å²) in [5, 5.41) is 0. The molecule has 0 unspecified atom stereocenters. The van der Waals surface area contributed by atoms with Crippen LogP contribution in [0.25, 0.3) is 0 Å². The fourth-order valence-electron chi connectivity index (χ4n) is 3.46. The molecule has 0 radical (unpaired) electrons. The number of carbonyl (C=O) groups excluding carboxylic acids is 1. The highest BCUT2D eigenvalue weighted by Crippen LogP contribution is 2.20. The van der Waals surface area contributed by atoms with E-state index in [1.54, 1.807) is 7.11 Å². The Morgan fingerprint density at radius 3 is 2.63 bits per heavy atom. The summed E-state index contributed by atoms with van der Waals surface area (Å²) in [7, 11) is 1.68. The maximum absolute atomic E-state index is 12.6. The van der Waals surface area contributed by atoms with Crippen LogP contribution in [-0.4, -0.2) is 41.9 Å². The van der Waals surface area contributed by atoms with E-state index in [0.29, 0.717) is 18.3 Å². The molecule has 1 amide bonds. The van der Waals surface area contributed by atoms with Crippen molar-refractivity contribution >= 4 is 5.91 Å². The van der Waals surface area contributed by atoms with Crippen LogP contribution >= 0.6 is 0 Å². The van der Waals surface area contributed by atoms with Gasteiger partial charge in [0.2, 0.25) is 0 Å². The predicted molar refractivity (Wildman–Crippen MR) is 106 cm³/mol. The molecule has 2 heterocycles. The monoisotopic (exact) mass is 370 g/mol. The summed E-state index contributed by atoms with van der Waals surface area (Å²) in [5.74, 6) is 2.16. The number of furan rings is 1. The van der Waals surface area contributed by atoms with Crippen LogP contribution in [0.5, 0.6) is 5.75 Å². The lowest BCUT2D eigenvalue weighted by atomic mass is 10.1. The molecule has 2 aromatic rings. The van der Waals surface area contributed by atoms with Crippen molar-refractivity contribution in [3.8, 4) is 5.75 Å². The highest BCUT2D eigenvalue weighted by molar-refractivity contribution is 5.91. The van der Waals surface area contributed by atoms with E-state index < -0.39 is 0 Å². The van der Waals surface area contributed by atoms with Gasteiger partial charge in [0.25, 0.3) is 5.91 Å². The second kappa shape index (κ2) is 9.09. The van der Waals surface area contributed by atoms with Crippen molar-refractivity contribution in [3.05, 3.63) is 53.5 Å². The van der Waals surface area contributed by atoms with Crippen LogP contribution < -0.4 is 4.74 Å². The third-order valence-electron chi connectivity index (χ3n) is 5.12. The van der Waals surface area contributed by atoms with Gasteiger partial charge in [0, 0.05) is 25.7 Å². The molecule has 1 aliphatic heterocycles. The Morgan fingerprint density at radius 2 is 1.93 bits per heavy atom. The van der Waals surface area contributed by atoms with Crippen molar-refractivity contribution in [1.29, 1.82) is 0 Å². The van der Waals surface area contributed by atoms with Gasteiger partial charge in [-0.25, -0.2) is 0 Å². The number of ether oxygens (including phenoxy) is 1. The summed E-state index contributed by atoms with van der Waals surface area (Å²) in [4.78, 5) is 16.8. The average Bonchev–Trinajstić information content (AvgIpc) is 3.16. The van der Waals surface area contributed by atoms with Crippen molar-refractivity contribution in [2.75, 3.05) is 20.2 Å². The number of hydrogen-bond acceptors (Lipinski definition) is 4. The molecule has 1 aromatic heterocycles. The number of carbonyl (C=O) groups is 1. The molecule has 0 spiro atoms. The summed E-state index contributed by atoms with van der Waals surface area (Å²) in [6.45, 7) is 7.48. The van der Waals surface area contributed by atoms with Gasteiger partial charge in [-0.3, -0.25) is 9.69 Å². The fraction of sp³-hybridized carbons (Fsp3) is 0.500. The van der Waals surface area contributed by atoms with Gasteiger partial charge in [0.15, 0.2) is 5.76 Å². The molecule has 1 aromatic carbocycles. The molecule has 0 saturated carbocycles. The number of hydrogen-bond donors (Lipinski definition) is 0. The van der Waals surface area contributed by atoms with E-state index >= 15 is 0 Å². The van der Waals surface area contributed by atoms with Gasteiger partial charge < -0.3 is 14.1 Å². The summed E-state index contributed by atoms with van der Waals surface area (Å²) >= 11 is 0. The molecule has 1 aliphatic rings. The summed E-state index contributed by atoms with van der Waals surface area (Å²) in [6, 6.07) is 12.2. The Kier molecular flexibility index (Phi) is 6.56. The van der Waals surface area contributed by atoms with Crippen molar-refractivity contribution in [1.82, 2.24) is 9.80 Å². The van der Waals surface area contributed by atoms with Crippen LogP contribution in [-0.2, 0) is 13.1 Å². The number of amides is 1. The smallest absolute Gasteiger partial charge is 0.289 e. The third-order valence-corrected chi connectivity index (χ3v) is 5.12. The van der Waals surface area contributed by atoms with Crippen LogP contribution in [0.4, 0.5) is 0 Å². The molecule has 0 N–H and O–H groups in total. The van der Waals surface area contributed by atoms with E-state index in [1.165, 1.54) is 12.0 Å². The van der Waals surface area contributed by atoms with Crippen LogP contribution in [0.1, 0.15) is 55.0 Å². The molecule has 1 fully saturated rings. The lowest BCUT2D eigenvalue weighted by Gasteiger charge is -2.26. The predicted octanol–water partition coefficient (Wildman–Crippen LogP) is 4.32. The highest BCUT2D eigenvalue weighted by Gasteiger charge is 2.22. The Hall–Kier alpha value is -2.27. The Labute approximate surface area is 161 Å². The molecule has 146 valence electrons. The van der Waals surface area contributed by atoms with Gasteiger partial charge in [0.1, 0.15) is 11.5 Å². The zero-order valence-electron chi connectivity index (χ0n) is 16.6. The second-order valence-electron chi connectivity index (χ2n) is 7.47. The van der Waals surface area contributed by atoms with Gasteiger partial charge in [-0.15, -0.1) is 0 Å². The molecule has 0 atom stereocenters. The average molecular weight is 370 g/mol. The Morgan fingerprint density at radius 1 is 1.15 bits per heavy atom. The maximum atomic E-state index is 12.6. The first-order valence-corrected chi connectivity index (χ1v) is 9.82. The number of likely N-dealkylation sites (tertiary alicyclic amines) is 1. The minimum atomic E-state index is 0.0184. The summed E-state index contributed by atoms with van der Waals surface area (Å²) in [5.41, 5.74) is 1.19. The Bertz CT molecular complexity index is 748. The second-order valence-corrected chi connectivity index (χ2v) is 7.47. The van der Waals surface area contributed by atoms with Crippen LogP contribution in [0, 0.1) is 0 Å². The number of benzene rings is 1. The lowest BCUT2D eigenvalue weighted by molar-refractivity contribution is 0.0687. The zero-order chi connectivity index (χ0) is 19.2. The van der Waals surface area contributed by atoms with E-state index in [4.69, 9.17) is 9.15 Å². The molecule has 1 saturated heterocycles. The standard InChI is InChI=1S/C22H30N2O3/c1-17(2)24(15-18-8-7-9-19(14-18)26-3)16-20-10-11-21(27-20)22(25)23-12-5-4-6-13-23/h7-11,14,17H,4-6,12-13,15-16H2,1-3H3. The van der Waals surface area contributed by atoms with Crippen LogP contribution in [0.15, 0.2) is 40.8 Å². The van der Waals surface area contributed by atoms with E-state index in [1.807, 2.05) is 29.2 Å². The highest BCUT2D eigenvalue weighted by atomic mass is 16.5. The number of piperidine rings is 1. The lowest BCUT2D eigenvalue weighted by Crippen LogP contribution is -2.35. The Balaban J connectivity index is 1.66. The van der Waals surface area contributed by atoms with E-state index in [-0.39, 0.29) is 5.91 Å². The fourth-order valence-corrected chi connectivity index (χ4v) is 3.46. The molecule has 0 aliphatic carbocycles. The van der Waals surface area contributed by atoms with E-state index in [0.717, 1.165) is 44.0 Å². The van der Waals surface area contributed by atoms with Crippen molar-refractivity contribution < 1.29 is 13.9 Å². The molecule has 5 nitrogen and oxygen atoms in total. The van der Waals surface area contributed by atoms with Crippen molar-refractivity contribution in [2.45, 2.75) is 52.2 Å². The molecule has 27 heavy (non-hydrogen) atoms. The SMILES string of the molecule is COc1cccc(CN(Cc2ccc(C(=O)N3CCCCC3)o2)C(C)C)c1. The first kappa shape index (κ1) is 19.5. The summed E-state index contributed by atoms with van der Waals surface area (Å²) < 4.78 is 11.2. The van der Waals surface area contributed by atoms with Gasteiger partial charge in [0.05, 0.1) is 13.7 Å². The minimum absolute atomic E-state index is 0.0184. The maximum Gasteiger partial charge on any atom is 0.289 e. The van der Waals surface area contributed by atoms with Gasteiger partial charge in [-0.1, -0.05) is 12.1 Å². The van der Waals surface area contributed by atoms with Gasteiger partial charge in [-0.2, -0.15) is 0 Å². The number of rotatable bonds is 7. The number of methoxy groups -OCH3 is 1. The molecule has 5 heteroatoms. The van der Waals surface area contributed by atoms with Crippen LogP contribution in [0.2, 0.25) is 0 Å². The summed E-state index contributed by atoms with van der Waals surface area (Å²) in [6.07, 6.45) is 3.38. The molecular formula is C22H30N2O3. The van der Waals surface area contributed by atoms with Crippen molar-refractivity contribution in [2.24, 2.45) is 0 Å². The third kappa shape index (κ3) is 5.13.